The Morgan fingerprint density at radius 2 is 1.18 bits per heavy atom. The molecule has 22 heavy (non-hydrogen) atoms. The van der Waals surface area contributed by atoms with Gasteiger partial charge in [-0.05, 0) is 48.5 Å². The Balaban J connectivity index is 1.80. The van der Waals surface area contributed by atoms with Crippen molar-refractivity contribution in [2.45, 2.75) is 0 Å². The van der Waals surface area contributed by atoms with Crippen LogP contribution < -0.4 is 0 Å². The van der Waals surface area contributed by atoms with E-state index in [1.54, 1.807) is 12.1 Å². The third kappa shape index (κ3) is 2.30. The van der Waals surface area contributed by atoms with Gasteiger partial charge in [-0.3, -0.25) is 4.79 Å². The van der Waals surface area contributed by atoms with E-state index in [1.807, 2.05) is 36.4 Å². The van der Waals surface area contributed by atoms with E-state index in [9.17, 15) is 4.79 Å². The largest absolute Gasteiger partial charge is 0.452 e. The average molecular weight is 420 g/mol. The minimum absolute atomic E-state index is 0.264. The second-order valence-electron chi connectivity index (χ2n) is 4.91. The monoisotopic (exact) mass is 418 g/mol. The number of furan rings is 2. The Bertz CT molecular complexity index is 945. The Hall–Kier alpha value is -1.85. The van der Waals surface area contributed by atoms with Crippen molar-refractivity contribution in [3.05, 3.63) is 69.0 Å². The predicted molar refractivity (Wildman–Crippen MR) is 91.3 cm³/mol. The third-order valence-corrected chi connectivity index (χ3v) is 4.40. The summed E-state index contributed by atoms with van der Waals surface area (Å²) in [7, 11) is 0. The second kappa shape index (κ2) is 5.11. The van der Waals surface area contributed by atoms with Gasteiger partial charge in [-0.25, -0.2) is 0 Å². The zero-order chi connectivity index (χ0) is 15.3. The Labute approximate surface area is 142 Å². The van der Waals surface area contributed by atoms with Gasteiger partial charge in [0, 0.05) is 19.7 Å². The van der Waals surface area contributed by atoms with Crippen LogP contribution in [0.25, 0.3) is 21.9 Å². The number of ketones is 1. The molecule has 4 aromatic rings. The summed E-state index contributed by atoms with van der Waals surface area (Å²) in [6, 6.07) is 14.7. The molecule has 0 fully saturated rings. The summed E-state index contributed by atoms with van der Waals surface area (Å²) in [5, 5.41) is 1.76. The molecule has 4 rings (SSSR count). The molecule has 5 heteroatoms. The molecule has 0 amide bonds. The number of halogens is 2. The van der Waals surface area contributed by atoms with Crippen LogP contribution in [0.5, 0.6) is 0 Å². The van der Waals surface area contributed by atoms with E-state index in [0.717, 1.165) is 19.7 Å². The Morgan fingerprint density at radius 3 is 1.64 bits per heavy atom. The standard InChI is InChI=1S/C17H8Br2O3/c18-11-3-1-9-5-15(21-13(9)7-11)17(20)16-6-10-2-4-12(19)8-14(10)22-16/h1-8H. The fourth-order valence-corrected chi connectivity index (χ4v) is 3.04. The number of rotatable bonds is 2. The molecule has 0 spiro atoms. The fraction of sp³-hybridized carbons (Fsp3) is 0. The number of carbonyl (C=O) groups excluding carboxylic acids is 1. The van der Waals surface area contributed by atoms with Crippen molar-refractivity contribution in [2.75, 3.05) is 0 Å². The van der Waals surface area contributed by atoms with Gasteiger partial charge in [-0.1, -0.05) is 31.9 Å². The predicted octanol–water partition coefficient (Wildman–Crippen LogP) is 5.94. The highest BCUT2D eigenvalue weighted by Gasteiger charge is 2.19. The maximum atomic E-state index is 12.5. The number of carbonyl (C=O) groups is 1. The molecule has 2 heterocycles. The molecule has 0 atom stereocenters. The highest BCUT2D eigenvalue weighted by Crippen LogP contribution is 2.28. The lowest BCUT2D eigenvalue weighted by molar-refractivity contribution is 0.0987. The molecule has 0 bridgehead atoms. The molecule has 0 radical (unpaired) electrons. The number of hydrogen-bond donors (Lipinski definition) is 0. The Kier molecular flexibility index (Phi) is 3.20. The van der Waals surface area contributed by atoms with Gasteiger partial charge in [0.05, 0.1) is 0 Å². The van der Waals surface area contributed by atoms with Gasteiger partial charge in [0.1, 0.15) is 11.2 Å². The first-order chi connectivity index (χ1) is 10.6. The van der Waals surface area contributed by atoms with Crippen molar-refractivity contribution >= 4 is 59.6 Å². The van der Waals surface area contributed by atoms with Gasteiger partial charge in [-0.15, -0.1) is 0 Å². The number of fused-ring (bicyclic) bond motifs is 2. The molecular weight excluding hydrogens is 412 g/mol. The molecule has 0 N–H and O–H groups in total. The van der Waals surface area contributed by atoms with Crippen LogP contribution in [-0.4, -0.2) is 5.78 Å². The van der Waals surface area contributed by atoms with Crippen LogP contribution in [0.1, 0.15) is 16.3 Å². The first-order valence-electron chi connectivity index (χ1n) is 6.53. The minimum Gasteiger partial charge on any atom is -0.452 e. The molecule has 2 aromatic heterocycles. The van der Waals surface area contributed by atoms with Crippen LogP contribution in [0.2, 0.25) is 0 Å². The van der Waals surface area contributed by atoms with E-state index >= 15 is 0 Å². The molecule has 3 nitrogen and oxygen atoms in total. The van der Waals surface area contributed by atoms with Crippen LogP contribution >= 0.6 is 31.9 Å². The van der Waals surface area contributed by atoms with E-state index in [1.165, 1.54) is 0 Å². The molecule has 0 unspecified atom stereocenters. The van der Waals surface area contributed by atoms with Crippen molar-refractivity contribution in [3.8, 4) is 0 Å². The van der Waals surface area contributed by atoms with Crippen LogP contribution in [0.4, 0.5) is 0 Å². The lowest BCUT2D eigenvalue weighted by Crippen LogP contribution is -1.96. The summed E-state index contributed by atoms with van der Waals surface area (Å²) in [6.45, 7) is 0. The lowest BCUT2D eigenvalue weighted by atomic mass is 10.2. The highest BCUT2D eigenvalue weighted by molar-refractivity contribution is 9.10. The van der Waals surface area contributed by atoms with Gasteiger partial charge in [0.25, 0.3) is 5.78 Å². The molecule has 0 aliphatic rings. The lowest BCUT2D eigenvalue weighted by Gasteiger charge is -1.91. The molecule has 0 aliphatic carbocycles. The molecular formula is C17H8Br2O3. The van der Waals surface area contributed by atoms with E-state index in [0.29, 0.717) is 11.2 Å². The quantitative estimate of drug-likeness (QED) is 0.378. The van der Waals surface area contributed by atoms with E-state index in [4.69, 9.17) is 8.83 Å². The number of hydrogen-bond acceptors (Lipinski definition) is 3. The van der Waals surface area contributed by atoms with Crippen LogP contribution in [-0.2, 0) is 0 Å². The Morgan fingerprint density at radius 1 is 0.727 bits per heavy atom. The van der Waals surface area contributed by atoms with Gasteiger partial charge in [-0.2, -0.15) is 0 Å². The molecule has 108 valence electrons. The molecule has 0 aliphatic heterocycles. The third-order valence-electron chi connectivity index (χ3n) is 3.41. The zero-order valence-electron chi connectivity index (χ0n) is 11.1. The summed E-state index contributed by atoms with van der Waals surface area (Å²) in [5.41, 5.74) is 1.33. The normalized spacial score (nSPS) is 11.4. The second-order valence-corrected chi connectivity index (χ2v) is 6.75. The molecule has 2 aromatic carbocycles. The van der Waals surface area contributed by atoms with E-state index < -0.39 is 0 Å². The fourth-order valence-electron chi connectivity index (χ4n) is 2.36. The maximum Gasteiger partial charge on any atom is 0.263 e. The average Bonchev–Trinajstić information content (AvgIpc) is 3.08. The topological polar surface area (TPSA) is 43.4 Å². The van der Waals surface area contributed by atoms with Crippen LogP contribution in [0.3, 0.4) is 0 Å². The van der Waals surface area contributed by atoms with Gasteiger partial charge in [0.2, 0.25) is 0 Å². The van der Waals surface area contributed by atoms with Crippen molar-refractivity contribution in [3.63, 3.8) is 0 Å². The SMILES string of the molecule is O=C(c1cc2ccc(Br)cc2o1)c1cc2ccc(Br)cc2o1. The summed E-state index contributed by atoms with van der Waals surface area (Å²) >= 11 is 6.77. The molecule has 0 saturated heterocycles. The van der Waals surface area contributed by atoms with Crippen molar-refractivity contribution in [1.29, 1.82) is 0 Å². The maximum absolute atomic E-state index is 12.5. The van der Waals surface area contributed by atoms with Crippen LogP contribution in [0, 0.1) is 0 Å². The highest BCUT2D eigenvalue weighted by atomic mass is 79.9. The van der Waals surface area contributed by atoms with E-state index in [2.05, 4.69) is 31.9 Å². The van der Waals surface area contributed by atoms with Crippen molar-refractivity contribution < 1.29 is 13.6 Å². The summed E-state index contributed by atoms with van der Waals surface area (Å²) in [6.07, 6.45) is 0. The smallest absolute Gasteiger partial charge is 0.263 e. The first kappa shape index (κ1) is 13.8. The summed E-state index contributed by atoms with van der Waals surface area (Å²) < 4.78 is 13.1. The van der Waals surface area contributed by atoms with Gasteiger partial charge >= 0.3 is 0 Å². The number of benzene rings is 2. The van der Waals surface area contributed by atoms with Crippen LogP contribution in [0.15, 0.2) is 66.3 Å². The summed E-state index contributed by atoms with van der Waals surface area (Å²) in [5.74, 6) is 0.275. The molecule has 0 saturated carbocycles. The van der Waals surface area contributed by atoms with Crippen molar-refractivity contribution in [1.82, 2.24) is 0 Å². The minimum atomic E-state index is -0.264. The zero-order valence-corrected chi connectivity index (χ0v) is 14.3. The van der Waals surface area contributed by atoms with Gasteiger partial charge in [0.15, 0.2) is 11.5 Å². The van der Waals surface area contributed by atoms with Crippen molar-refractivity contribution in [2.24, 2.45) is 0 Å². The van der Waals surface area contributed by atoms with Gasteiger partial charge < -0.3 is 8.83 Å². The summed E-state index contributed by atoms with van der Waals surface area (Å²) in [4.78, 5) is 12.5. The van der Waals surface area contributed by atoms with E-state index in [-0.39, 0.29) is 17.3 Å². The first-order valence-corrected chi connectivity index (χ1v) is 8.12.